The lowest BCUT2D eigenvalue weighted by molar-refractivity contribution is -0.0857. The van der Waals surface area contributed by atoms with Crippen molar-refractivity contribution in [2.24, 2.45) is 17.1 Å². The molecule has 0 aliphatic carbocycles. The Morgan fingerprint density at radius 1 is 1.32 bits per heavy atom. The Kier molecular flexibility index (Phi) is 5.56. The average Bonchev–Trinajstić information content (AvgIpc) is 2.83. The summed E-state index contributed by atoms with van der Waals surface area (Å²) in [5.41, 5.74) is -0.421. The third-order valence-corrected chi connectivity index (χ3v) is 4.36. The number of allylic oxidation sites excluding steroid dienone is 2. The number of nitrogens with zero attached hydrogens (tertiary/aromatic N) is 5. The predicted octanol–water partition coefficient (Wildman–Crippen LogP) is 3.86. The molecule has 0 radical (unpaired) electrons. The van der Waals surface area contributed by atoms with E-state index in [9.17, 15) is 13.2 Å². The van der Waals surface area contributed by atoms with Crippen molar-refractivity contribution < 1.29 is 13.2 Å². The maximum atomic E-state index is 12.9. The van der Waals surface area contributed by atoms with Gasteiger partial charge in [-0.25, -0.2) is 15.0 Å². The van der Waals surface area contributed by atoms with Crippen LogP contribution in [0.15, 0.2) is 45.6 Å². The zero-order chi connectivity index (χ0) is 18.8. The molecule has 1 aliphatic heterocycles. The van der Waals surface area contributed by atoms with Crippen molar-refractivity contribution in [3.8, 4) is 0 Å². The van der Waals surface area contributed by atoms with Gasteiger partial charge in [-0.15, -0.1) is 11.8 Å². The quantitative estimate of drug-likeness (QED) is 0.757. The minimum atomic E-state index is -4.52. The molecule has 1 aliphatic rings. The molecule has 5 nitrogen and oxygen atoms in total. The zero-order valence-electron chi connectivity index (χ0n) is 14.1. The van der Waals surface area contributed by atoms with Crippen molar-refractivity contribution in [2.75, 3.05) is 12.8 Å². The van der Waals surface area contributed by atoms with Gasteiger partial charge in [0.2, 0.25) is 0 Å². The van der Waals surface area contributed by atoms with Crippen molar-refractivity contribution >= 4 is 29.9 Å². The molecule has 1 aromatic rings. The highest BCUT2D eigenvalue weighted by atomic mass is 32.2. The lowest BCUT2D eigenvalue weighted by Gasteiger charge is -2.18. The molecule has 0 fully saturated rings. The van der Waals surface area contributed by atoms with Gasteiger partial charge in [0, 0.05) is 14.1 Å². The smallest absolute Gasteiger partial charge is 0.322 e. The molecule has 0 atom stereocenters. The zero-order valence-corrected chi connectivity index (χ0v) is 14.9. The van der Waals surface area contributed by atoms with Gasteiger partial charge in [0.1, 0.15) is 16.5 Å². The van der Waals surface area contributed by atoms with E-state index in [1.165, 1.54) is 12.1 Å². The SMILES string of the molecule is C=Cc1nc(C2=NC(=C)/C=C(C(F)(F)F)\C=N/N2C)c(SCC)n1C. The molecule has 0 unspecified atom stereocenters. The third kappa shape index (κ3) is 4.04. The topological polar surface area (TPSA) is 45.8 Å². The molecule has 0 N–H and O–H groups in total. The normalized spacial score (nSPS) is 19.0. The molecular formula is C16H18F3N5S. The number of hydrazone groups is 1. The fraction of sp³-hybridized carbons (Fsp3) is 0.312. The first-order valence-corrected chi connectivity index (χ1v) is 8.34. The highest BCUT2D eigenvalue weighted by Crippen LogP contribution is 2.29. The first-order chi connectivity index (χ1) is 11.7. The van der Waals surface area contributed by atoms with Gasteiger partial charge in [-0.3, -0.25) is 0 Å². The number of rotatable bonds is 4. The first kappa shape index (κ1) is 19.0. The van der Waals surface area contributed by atoms with Gasteiger partial charge >= 0.3 is 6.18 Å². The van der Waals surface area contributed by atoms with Gasteiger partial charge in [-0.2, -0.15) is 18.3 Å². The summed E-state index contributed by atoms with van der Waals surface area (Å²) >= 11 is 1.55. The van der Waals surface area contributed by atoms with Crippen LogP contribution in [0.1, 0.15) is 18.4 Å². The second-order valence-electron chi connectivity index (χ2n) is 5.11. The van der Waals surface area contributed by atoms with Crippen LogP contribution >= 0.6 is 11.8 Å². The van der Waals surface area contributed by atoms with Gasteiger partial charge in [0.05, 0.1) is 17.5 Å². The van der Waals surface area contributed by atoms with Crippen molar-refractivity contribution in [3.63, 3.8) is 0 Å². The van der Waals surface area contributed by atoms with E-state index in [1.54, 1.807) is 17.8 Å². The number of hydrogen-bond acceptors (Lipinski definition) is 5. The maximum Gasteiger partial charge on any atom is 0.418 e. The van der Waals surface area contributed by atoms with E-state index in [0.29, 0.717) is 17.4 Å². The number of imidazole rings is 1. The van der Waals surface area contributed by atoms with Crippen molar-refractivity contribution in [3.05, 3.63) is 42.0 Å². The second-order valence-corrected chi connectivity index (χ2v) is 6.37. The van der Waals surface area contributed by atoms with Gasteiger partial charge in [0.25, 0.3) is 0 Å². The number of aliphatic imine (C=N–C) groups is 1. The largest absolute Gasteiger partial charge is 0.418 e. The third-order valence-electron chi connectivity index (χ3n) is 3.33. The number of aromatic nitrogens is 2. The van der Waals surface area contributed by atoms with Crippen LogP contribution in [0, 0.1) is 0 Å². The summed E-state index contributed by atoms with van der Waals surface area (Å²) in [5, 5.41) is 5.94. The van der Waals surface area contributed by atoms with Crippen LogP contribution in [-0.2, 0) is 7.05 Å². The standard InChI is InChI=1S/C16H18F3N5S/c1-6-12-22-13(15(23(12)4)25-7-2)14-21-10(3)8-11(16(17,18)19)9-20-24(14)5/h6,8-9H,1,3,7H2,2,4-5H3/b11-8+,20-9-,21-14?. The summed E-state index contributed by atoms with van der Waals surface area (Å²) in [5.74, 6) is 1.74. The van der Waals surface area contributed by atoms with E-state index in [-0.39, 0.29) is 5.70 Å². The molecule has 0 saturated carbocycles. The number of hydrogen-bond donors (Lipinski definition) is 0. The maximum absolute atomic E-state index is 12.9. The van der Waals surface area contributed by atoms with Gasteiger partial charge in [0.15, 0.2) is 5.84 Å². The molecule has 2 heterocycles. The Balaban J connectivity index is 2.59. The summed E-state index contributed by atoms with van der Waals surface area (Å²) in [6.07, 6.45) is -1.30. The van der Waals surface area contributed by atoms with Crippen LogP contribution in [0.2, 0.25) is 0 Å². The molecule has 9 heteroatoms. The van der Waals surface area contributed by atoms with Crippen LogP contribution in [0.25, 0.3) is 6.08 Å². The molecule has 0 aromatic carbocycles. The van der Waals surface area contributed by atoms with Crippen LogP contribution in [0.5, 0.6) is 0 Å². The predicted molar refractivity (Wildman–Crippen MR) is 95.8 cm³/mol. The fourth-order valence-electron chi connectivity index (χ4n) is 2.15. The van der Waals surface area contributed by atoms with Gasteiger partial charge in [-0.05, 0) is 17.9 Å². The Bertz CT molecular complexity index is 786. The van der Waals surface area contributed by atoms with E-state index < -0.39 is 11.7 Å². The lowest BCUT2D eigenvalue weighted by atomic mass is 10.2. The average molecular weight is 369 g/mol. The molecule has 0 bridgehead atoms. The minimum Gasteiger partial charge on any atom is -0.322 e. The van der Waals surface area contributed by atoms with E-state index in [2.05, 4.69) is 28.2 Å². The molecule has 25 heavy (non-hydrogen) atoms. The number of amidine groups is 1. The summed E-state index contributed by atoms with van der Waals surface area (Å²) in [7, 11) is 3.36. The van der Waals surface area contributed by atoms with Crippen molar-refractivity contribution in [1.82, 2.24) is 14.6 Å². The van der Waals surface area contributed by atoms with E-state index in [4.69, 9.17) is 0 Å². The Hall–Kier alpha value is -2.29. The first-order valence-electron chi connectivity index (χ1n) is 7.35. The molecule has 1 aromatic heterocycles. The Labute approximate surface area is 148 Å². The van der Waals surface area contributed by atoms with Gasteiger partial charge < -0.3 is 4.57 Å². The van der Waals surface area contributed by atoms with Gasteiger partial charge in [-0.1, -0.05) is 20.1 Å². The fourth-order valence-corrected chi connectivity index (χ4v) is 2.99. The number of thioether (sulfide) groups is 1. The minimum absolute atomic E-state index is 0.0291. The van der Waals surface area contributed by atoms with E-state index in [1.807, 2.05) is 18.5 Å². The summed E-state index contributed by atoms with van der Waals surface area (Å²) in [6.45, 7) is 9.32. The van der Waals surface area contributed by atoms with Crippen molar-refractivity contribution in [1.29, 1.82) is 0 Å². The monoisotopic (exact) mass is 369 g/mol. The highest BCUT2D eigenvalue weighted by molar-refractivity contribution is 7.99. The second kappa shape index (κ2) is 7.30. The van der Waals surface area contributed by atoms with E-state index >= 15 is 0 Å². The molecule has 0 saturated heterocycles. The van der Waals surface area contributed by atoms with Crippen LogP contribution in [0.4, 0.5) is 13.2 Å². The molecule has 0 amide bonds. The van der Waals surface area contributed by atoms with Crippen LogP contribution < -0.4 is 0 Å². The van der Waals surface area contributed by atoms with E-state index in [0.717, 1.165) is 23.1 Å². The Morgan fingerprint density at radius 2 is 2.00 bits per heavy atom. The molecule has 0 spiro atoms. The van der Waals surface area contributed by atoms with Crippen LogP contribution in [-0.4, -0.2) is 45.6 Å². The lowest BCUT2D eigenvalue weighted by Crippen LogP contribution is -2.26. The number of halogens is 3. The number of alkyl halides is 3. The summed E-state index contributed by atoms with van der Waals surface area (Å²) in [4.78, 5) is 8.71. The molecular weight excluding hydrogens is 351 g/mol. The Morgan fingerprint density at radius 3 is 2.56 bits per heavy atom. The van der Waals surface area contributed by atoms with Crippen molar-refractivity contribution in [2.45, 2.75) is 18.1 Å². The molecule has 2 rings (SSSR count). The highest BCUT2D eigenvalue weighted by Gasteiger charge is 2.33. The summed E-state index contributed by atoms with van der Waals surface area (Å²) in [6, 6.07) is 0. The molecule has 134 valence electrons. The summed E-state index contributed by atoms with van der Waals surface area (Å²) < 4.78 is 40.7. The van der Waals surface area contributed by atoms with Crippen LogP contribution in [0.3, 0.4) is 0 Å².